The zero-order valence-electron chi connectivity index (χ0n) is 7.55. The van der Waals surface area contributed by atoms with Crippen LogP contribution in [0, 0.1) is 5.92 Å². The Morgan fingerprint density at radius 1 is 1.45 bits per heavy atom. The van der Waals surface area contributed by atoms with Gasteiger partial charge in [-0.15, -0.1) is 0 Å². The van der Waals surface area contributed by atoms with Gasteiger partial charge in [0.2, 0.25) is 0 Å². The molecule has 2 nitrogen and oxygen atoms in total. The average Bonchev–Trinajstić information content (AvgIpc) is 1.94. The molecule has 1 atom stereocenters. The van der Waals surface area contributed by atoms with E-state index in [1.54, 1.807) is 0 Å². The second kappa shape index (κ2) is 4.07. The lowest BCUT2D eigenvalue weighted by molar-refractivity contribution is -0.0316. The summed E-state index contributed by atoms with van der Waals surface area (Å²) in [4.78, 5) is 0. The third kappa shape index (κ3) is 2.17. The highest BCUT2D eigenvalue weighted by Gasteiger charge is 2.32. The molecule has 0 bridgehead atoms. The van der Waals surface area contributed by atoms with Crippen molar-refractivity contribution < 1.29 is 4.74 Å². The van der Waals surface area contributed by atoms with E-state index >= 15 is 0 Å². The van der Waals surface area contributed by atoms with Gasteiger partial charge in [-0.25, -0.2) is 0 Å². The molecule has 0 heterocycles. The molecular weight excluding hydrogens is 138 g/mol. The van der Waals surface area contributed by atoms with E-state index in [9.17, 15) is 0 Å². The smallest absolute Gasteiger partial charge is 0.0581 e. The van der Waals surface area contributed by atoms with Gasteiger partial charge in [0.05, 0.1) is 6.10 Å². The lowest BCUT2D eigenvalue weighted by Gasteiger charge is -2.38. The van der Waals surface area contributed by atoms with E-state index in [2.05, 4.69) is 6.92 Å². The number of hydrogen-bond donors (Lipinski definition) is 1. The Hall–Kier alpha value is -0.0800. The van der Waals surface area contributed by atoms with Gasteiger partial charge in [0.1, 0.15) is 0 Å². The molecule has 0 aliphatic heterocycles. The standard InChI is InChI=1S/C9H19NO/c1-3-9(10)7-5-8(6-7)11-4-2/h7-9H,3-6,10H2,1-2H3. The summed E-state index contributed by atoms with van der Waals surface area (Å²) in [5.41, 5.74) is 5.88. The summed E-state index contributed by atoms with van der Waals surface area (Å²) >= 11 is 0. The van der Waals surface area contributed by atoms with Gasteiger partial charge in [-0.05, 0) is 32.1 Å². The monoisotopic (exact) mass is 157 g/mol. The molecule has 0 saturated heterocycles. The Kier molecular flexibility index (Phi) is 3.34. The van der Waals surface area contributed by atoms with Crippen LogP contribution in [-0.4, -0.2) is 18.8 Å². The highest BCUT2D eigenvalue weighted by Crippen LogP contribution is 2.32. The molecule has 66 valence electrons. The molecule has 2 heteroatoms. The summed E-state index contributed by atoms with van der Waals surface area (Å²) in [6.07, 6.45) is 3.98. The Labute approximate surface area is 69.1 Å². The number of rotatable bonds is 4. The van der Waals surface area contributed by atoms with Gasteiger partial charge in [0.25, 0.3) is 0 Å². The fraction of sp³-hybridized carbons (Fsp3) is 1.00. The molecule has 11 heavy (non-hydrogen) atoms. The zero-order chi connectivity index (χ0) is 8.27. The first-order valence-corrected chi connectivity index (χ1v) is 4.65. The molecule has 1 aliphatic rings. The van der Waals surface area contributed by atoms with Crippen LogP contribution in [-0.2, 0) is 4.74 Å². The normalized spacial score (nSPS) is 33.0. The van der Waals surface area contributed by atoms with Gasteiger partial charge in [-0.1, -0.05) is 6.92 Å². The molecular formula is C9H19NO. The lowest BCUT2D eigenvalue weighted by atomic mass is 9.77. The molecule has 0 aromatic carbocycles. The molecule has 0 spiro atoms. The second-order valence-corrected chi connectivity index (χ2v) is 3.38. The fourth-order valence-electron chi connectivity index (χ4n) is 1.66. The van der Waals surface area contributed by atoms with E-state index in [4.69, 9.17) is 10.5 Å². The minimum Gasteiger partial charge on any atom is -0.378 e. The van der Waals surface area contributed by atoms with Crippen LogP contribution in [0.15, 0.2) is 0 Å². The summed E-state index contributed by atoms with van der Waals surface area (Å²) in [7, 11) is 0. The maximum Gasteiger partial charge on any atom is 0.0581 e. The predicted octanol–water partition coefficient (Wildman–Crippen LogP) is 1.54. The van der Waals surface area contributed by atoms with Crippen molar-refractivity contribution in [3.05, 3.63) is 0 Å². The predicted molar refractivity (Wildman–Crippen MR) is 46.4 cm³/mol. The van der Waals surface area contributed by atoms with Crippen LogP contribution in [0.4, 0.5) is 0 Å². The Morgan fingerprint density at radius 3 is 2.55 bits per heavy atom. The SMILES string of the molecule is CCOC1CC(C(N)CC)C1. The third-order valence-electron chi connectivity index (χ3n) is 2.61. The number of ether oxygens (including phenoxy) is 1. The van der Waals surface area contributed by atoms with Crippen LogP contribution in [0.2, 0.25) is 0 Å². The summed E-state index contributed by atoms with van der Waals surface area (Å²) < 4.78 is 5.45. The van der Waals surface area contributed by atoms with Crippen molar-refractivity contribution in [1.29, 1.82) is 0 Å². The highest BCUT2D eigenvalue weighted by atomic mass is 16.5. The van der Waals surface area contributed by atoms with Gasteiger partial charge < -0.3 is 10.5 Å². The Morgan fingerprint density at radius 2 is 2.09 bits per heavy atom. The number of nitrogens with two attached hydrogens (primary N) is 1. The van der Waals surface area contributed by atoms with Crippen LogP contribution >= 0.6 is 0 Å². The number of hydrogen-bond acceptors (Lipinski definition) is 2. The van der Waals surface area contributed by atoms with Gasteiger partial charge in [-0.2, -0.15) is 0 Å². The minimum absolute atomic E-state index is 0.409. The zero-order valence-corrected chi connectivity index (χ0v) is 7.55. The molecule has 1 saturated carbocycles. The molecule has 1 aliphatic carbocycles. The van der Waals surface area contributed by atoms with Gasteiger partial charge in [-0.3, -0.25) is 0 Å². The second-order valence-electron chi connectivity index (χ2n) is 3.38. The molecule has 1 rings (SSSR count). The van der Waals surface area contributed by atoms with Crippen LogP contribution in [0.1, 0.15) is 33.1 Å². The van der Waals surface area contributed by atoms with Crippen molar-refractivity contribution in [3.63, 3.8) is 0 Å². The van der Waals surface area contributed by atoms with Crippen molar-refractivity contribution >= 4 is 0 Å². The van der Waals surface area contributed by atoms with Crippen LogP contribution in [0.25, 0.3) is 0 Å². The van der Waals surface area contributed by atoms with Gasteiger partial charge in [0, 0.05) is 12.6 Å². The topological polar surface area (TPSA) is 35.2 Å². The first-order chi connectivity index (χ1) is 5.27. The first-order valence-electron chi connectivity index (χ1n) is 4.65. The van der Waals surface area contributed by atoms with E-state index in [1.807, 2.05) is 6.92 Å². The third-order valence-corrected chi connectivity index (χ3v) is 2.61. The minimum atomic E-state index is 0.409. The van der Waals surface area contributed by atoms with E-state index in [-0.39, 0.29) is 0 Å². The van der Waals surface area contributed by atoms with Crippen molar-refractivity contribution in [2.75, 3.05) is 6.61 Å². The summed E-state index contributed by atoms with van der Waals surface area (Å²) in [5, 5.41) is 0. The van der Waals surface area contributed by atoms with E-state index in [0.717, 1.165) is 18.9 Å². The van der Waals surface area contributed by atoms with Crippen LogP contribution in [0.3, 0.4) is 0 Å². The van der Waals surface area contributed by atoms with Crippen LogP contribution < -0.4 is 5.73 Å². The van der Waals surface area contributed by atoms with E-state index in [1.165, 1.54) is 12.8 Å². The summed E-state index contributed by atoms with van der Waals surface area (Å²) in [6.45, 7) is 5.05. The summed E-state index contributed by atoms with van der Waals surface area (Å²) in [5.74, 6) is 0.733. The van der Waals surface area contributed by atoms with Gasteiger partial charge in [0.15, 0.2) is 0 Å². The van der Waals surface area contributed by atoms with E-state index in [0.29, 0.717) is 12.1 Å². The first kappa shape index (κ1) is 9.01. The van der Waals surface area contributed by atoms with Crippen molar-refractivity contribution in [1.82, 2.24) is 0 Å². The molecule has 0 radical (unpaired) electrons. The quantitative estimate of drug-likeness (QED) is 0.672. The highest BCUT2D eigenvalue weighted by molar-refractivity contribution is 4.86. The summed E-state index contributed by atoms with van der Waals surface area (Å²) in [6, 6.07) is 0.409. The Balaban J connectivity index is 2.08. The average molecular weight is 157 g/mol. The van der Waals surface area contributed by atoms with Crippen molar-refractivity contribution in [2.45, 2.75) is 45.3 Å². The molecule has 0 aromatic heterocycles. The Bertz CT molecular complexity index is 110. The van der Waals surface area contributed by atoms with Gasteiger partial charge >= 0.3 is 0 Å². The molecule has 0 amide bonds. The molecule has 2 N–H and O–H groups in total. The molecule has 0 aromatic rings. The van der Waals surface area contributed by atoms with Crippen molar-refractivity contribution in [3.8, 4) is 0 Å². The van der Waals surface area contributed by atoms with E-state index < -0.39 is 0 Å². The largest absolute Gasteiger partial charge is 0.378 e. The molecule has 1 fully saturated rings. The fourth-order valence-corrected chi connectivity index (χ4v) is 1.66. The molecule has 1 unspecified atom stereocenters. The lowest BCUT2D eigenvalue weighted by Crippen LogP contribution is -2.42. The van der Waals surface area contributed by atoms with Crippen molar-refractivity contribution in [2.24, 2.45) is 11.7 Å². The maximum absolute atomic E-state index is 5.88. The van der Waals surface area contributed by atoms with Crippen LogP contribution in [0.5, 0.6) is 0 Å². The maximum atomic E-state index is 5.88.